The average Bonchev–Trinajstić information content (AvgIpc) is 3.42. The Balaban J connectivity index is 1.43. The quantitative estimate of drug-likeness (QED) is 0.532. The first-order valence-corrected chi connectivity index (χ1v) is 9.90. The van der Waals surface area contributed by atoms with Gasteiger partial charge in [0.2, 0.25) is 11.9 Å². The van der Waals surface area contributed by atoms with E-state index in [2.05, 4.69) is 20.3 Å². The summed E-state index contributed by atoms with van der Waals surface area (Å²) < 4.78 is 1.74. The molecular weight excluding hydrogens is 384 g/mol. The molecule has 156 valence electrons. The number of benzene rings is 1. The number of phenols is 2. The summed E-state index contributed by atoms with van der Waals surface area (Å²) in [6.07, 6.45) is 7.33. The van der Waals surface area contributed by atoms with Crippen LogP contribution in [0.5, 0.6) is 11.5 Å². The molecule has 4 rings (SSSR count). The molecule has 1 atom stereocenters. The number of hydrogen-bond acceptors (Lipinski definition) is 7. The average molecular weight is 408 g/mol. The number of aromatic nitrogens is 4. The Morgan fingerprint density at radius 2 is 2.10 bits per heavy atom. The largest absolute Gasteiger partial charge is 0.504 e. The molecule has 2 aromatic heterocycles. The van der Waals surface area contributed by atoms with Crippen LogP contribution in [-0.4, -0.2) is 54.8 Å². The van der Waals surface area contributed by atoms with Crippen LogP contribution in [0.4, 0.5) is 5.82 Å². The third-order valence-electron chi connectivity index (χ3n) is 5.17. The Morgan fingerprint density at radius 3 is 2.87 bits per heavy atom. The number of aryl methyl sites for hydroxylation is 1. The van der Waals surface area contributed by atoms with E-state index in [0.717, 1.165) is 36.5 Å². The van der Waals surface area contributed by atoms with E-state index in [0.29, 0.717) is 18.9 Å². The standard InChI is InChI=1S/C21H24N6O3/c1-14-11-19(25-21(24-14)26-10-8-22-13-26)27-9-2-3-16(27)20(30)23-7-6-15-4-5-17(28)18(29)12-15/h4-5,8,10-13,16,28-29H,2-3,6-7,9H2,1H3,(H,23,30). The molecule has 0 radical (unpaired) electrons. The summed E-state index contributed by atoms with van der Waals surface area (Å²) in [5, 5.41) is 22.0. The normalized spacial score (nSPS) is 16.0. The molecule has 1 aliphatic heterocycles. The van der Waals surface area contributed by atoms with Crippen molar-refractivity contribution in [3.05, 3.63) is 54.2 Å². The van der Waals surface area contributed by atoms with Crippen molar-refractivity contribution in [2.45, 2.75) is 32.2 Å². The van der Waals surface area contributed by atoms with Gasteiger partial charge in [-0.25, -0.2) is 9.97 Å². The number of imidazole rings is 1. The van der Waals surface area contributed by atoms with Gasteiger partial charge in [0.1, 0.15) is 18.2 Å². The molecule has 1 unspecified atom stereocenters. The monoisotopic (exact) mass is 408 g/mol. The second-order valence-electron chi connectivity index (χ2n) is 7.35. The minimum Gasteiger partial charge on any atom is -0.504 e. The highest BCUT2D eigenvalue weighted by atomic mass is 16.3. The van der Waals surface area contributed by atoms with E-state index in [1.807, 2.05) is 17.9 Å². The van der Waals surface area contributed by atoms with Crippen molar-refractivity contribution in [1.82, 2.24) is 24.8 Å². The lowest BCUT2D eigenvalue weighted by atomic mass is 10.1. The lowest BCUT2D eigenvalue weighted by Crippen LogP contribution is -2.44. The molecule has 0 spiro atoms. The van der Waals surface area contributed by atoms with E-state index in [1.54, 1.807) is 29.4 Å². The summed E-state index contributed by atoms with van der Waals surface area (Å²) >= 11 is 0. The topological polar surface area (TPSA) is 116 Å². The highest BCUT2D eigenvalue weighted by Gasteiger charge is 2.32. The number of amides is 1. The first-order valence-electron chi connectivity index (χ1n) is 9.90. The molecule has 1 saturated heterocycles. The first kappa shape index (κ1) is 19.7. The summed E-state index contributed by atoms with van der Waals surface area (Å²) in [5.41, 5.74) is 1.66. The molecule has 3 aromatic rings. The van der Waals surface area contributed by atoms with Gasteiger partial charge in [-0.1, -0.05) is 6.07 Å². The maximum Gasteiger partial charge on any atom is 0.242 e. The van der Waals surface area contributed by atoms with Crippen LogP contribution in [0.15, 0.2) is 43.0 Å². The number of hydrogen-bond donors (Lipinski definition) is 3. The Morgan fingerprint density at radius 1 is 1.23 bits per heavy atom. The van der Waals surface area contributed by atoms with Gasteiger partial charge in [0, 0.05) is 37.2 Å². The number of rotatable bonds is 6. The maximum absolute atomic E-state index is 12.8. The molecule has 1 fully saturated rings. The fourth-order valence-electron chi connectivity index (χ4n) is 3.66. The van der Waals surface area contributed by atoms with Crippen LogP contribution in [0, 0.1) is 6.92 Å². The Bertz CT molecular complexity index is 1040. The van der Waals surface area contributed by atoms with Crippen molar-refractivity contribution in [1.29, 1.82) is 0 Å². The van der Waals surface area contributed by atoms with Crippen LogP contribution in [0.25, 0.3) is 5.95 Å². The van der Waals surface area contributed by atoms with Gasteiger partial charge in [-0.05, 0) is 43.9 Å². The zero-order chi connectivity index (χ0) is 21.1. The van der Waals surface area contributed by atoms with Crippen LogP contribution < -0.4 is 10.2 Å². The van der Waals surface area contributed by atoms with Gasteiger partial charge >= 0.3 is 0 Å². The Kier molecular flexibility index (Phi) is 5.51. The van der Waals surface area contributed by atoms with Crippen molar-refractivity contribution in [2.24, 2.45) is 0 Å². The first-order chi connectivity index (χ1) is 14.5. The van der Waals surface area contributed by atoms with Gasteiger partial charge in [0.05, 0.1) is 0 Å². The zero-order valence-electron chi connectivity index (χ0n) is 16.7. The fraction of sp³-hybridized carbons (Fsp3) is 0.333. The van der Waals surface area contributed by atoms with Crippen LogP contribution in [0.3, 0.4) is 0 Å². The van der Waals surface area contributed by atoms with Gasteiger partial charge in [-0.2, -0.15) is 4.98 Å². The van der Waals surface area contributed by atoms with E-state index >= 15 is 0 Å². The third kappa shape index (κ3) is 4.19. The molecule has 3 heterocycles. The lowest BCUT2D eigenvalue weighted by Gasteiger charge is -2.25. The van der Waals surface area contributed by atoms with Gasteiger partial charge in [0.25, 0.3) is 0 Å². The smallest absolute Gasteiger partial charge is 0.242 e. The summed E-state index contributed by atoms with van der Waals surface area (Å²) in [6.45, 7) is 3.10. The molecule has 1 amide bonds. The van der Waals surface area contributed by atoms with E-state index in [1.165, 1.54) is 12.1 Å². The highest BCUT2D eigenvalue weighted by molar-refractivity contribution is 5.85. The number of nitrogens with one attached hydrogen (secondary N) is 1. The van der Waals surface area contributed by atoms with Gasteiger partial charge in [-0.15, -0.1) is 0 Å². The minimum atomic E-state index is -0.289. The van der Waals surface area contributed by atoms with Crippen LogP contribution in [-0.2, 0) is 11.2 Å². The number of anilines is 1. The zero-order valence-corrected chi connectivity index (χ0v) is 16.7. The van der Waals surface area contributed by atoms with E-state index < -0.39 is 0 Å². The summed E-state index contributed by atoms with van der Waals surface area (Å²) in [6, 6.07) is 6.28. The SMILES string of the molecule is Cc1cc(N2CCCC2C(=O)NCCc2ccc(O)c(O)c2)nc(-n2ccnc2)n1. The van der Waals surface area contributed by atoms with Crippen molar-refractivity contribution >= 4 is 11.7 Å². The number of nitrogens with zero attached hydrogens (tertiary/aromatic N) is 5. The predicted molar refractivity (Wildman–Crippen MR) is 111 cm³/mol. The van der Waals surface area contributed by atoms with Crippen molar-refractivity contribution in [2.75, 3.05) is 18.0 Å². The van der Waals surface area contributed by atoms with Crippen LogP contribution in [0.1, 0.15) is 24.1 Å². The van der Waals surface area contributed by atoms with E-state index in [4.69, 9.17) is 0 Å². The summed E-state index contributed by atoms with van der Waals surface area (Å²) in [7, 11) is 0. The molecule has 1 aromatic carbocycles. The number of phenolic OH excluding ortho intramolecular Hbond substituents is 2. The van der Waals surface area contributed by atoms with Crippen molar-refractivity contribution in [3.8, 4) is 17.4 Å². The van der Waals surface area contributed by atoms with Crippen molar-refractivity contribution in [3.63, 3.8) is 0 Å². The Labute approximate surface area is 174 Å². The second kappa shape index (κ2) is 8.40. The predicted octanol–water partition coefficient (Wildman–Crippen LogP) is 1.71. The molecule has 30 heavy (non-hydrogen) atoms. The highest BCUT2D eigenvalue weighted by Crippen LogP contribution is 2.26. The molecule has 1 aliphatic rings. The number of carbonyl (C=O) groups is 1. The van der Waals surface area contributed by atoms with Crippen LogP contribution >= 0.6 is 0 Å². The van der Waals surface area contributed by atoms with E-state index in [9.17, 15) is 15.0 Å². The Hall–Kier alpha value is -3.62. The minimum absolute atomic E-state index is 0.0454. The molecular formula is C21H24N6O3. The third-order valence-corrected chi connectivity index (χ3v) is 5.17. The lowest BCUT2D eigenvalue weighted by molar-refractivity contribution is -0.122. The maximum atomic E-state index is 12.8. The van der Waals surface area contributed by atoms with Crippen LogP contribution in [0.2, 0.25) is 0 Å². The summed E-state index contributed by atoms with van der Waals surface area (Å²) in [5.74, 6) is 0.900. The molecule has 0 bridgehead atoms. The van der Waals surface area contributed by atoms with Gasteiger partial charge in [0.15, 0.2) is 11.5 Å². The van der Waals surface area contributed by atoms with E-state index in [-0.39, 0.29) is 23.4 Å². The van der Waals surface area contributed by atoms with Gasteiger partial charge in [-0.3, -0.25) is 9.36 Å². The molecule has 9 heteroatoms. The number of carbonyl (C=O) groups excluding carboxylic acids is 1. The number of aromatic hydroxyl groups is 2. The second-order valence-corrected chi connectivity index (χ2v) is 7.35. The fourth-order valence-corrected chi connectivity index (χ4v) is 3.66. The molecule has 9 nitrogen and oxygen atoms in total. The molecule has 3 N–H and O–H groups in total. The molecule has 0 saturated carbocycles. The summed E-state index contributed by atoms with van der Waals surface area (Å²) in [4.78, 5) is 28.0. The van der Waals surface area contributed by atoms with Gasteiger partial charge < -0.3 is 20.4 Å². The molecule has 0 aliphatic carbocycles. The van der Waals surface area contributed by atoms with Crippen molar-refractivity contribution < 1.29 is 15.0 Å².